The van der Waals surface area contributed by atoms with Crippen molar-refractivity contribution in [2.75, 3.05) is 11.9 Å². The SMILES string of the molecule is Cc1cccc(-n2c(C)cc([C@H]3[C@@H](c4ccccn4)NC(=S)N3CCC(=O)Nc3ccccc3C)c2C)c1. The van der Waals surface area contributed by atoms with Gasteiger partial charge in [-0.15, -0.1) is 0 Å². The number of thiocarbonyl (C=S) groups is 1. The average Bonchev–Trinajstić information content (AvgIpc) is 3.39. The van der Waals surface area contributed by atoms with Crippen LogP contribution < -0.4 is 10.6 Å². The summed E-state index contributed by atoms with van der Waals surface area (Å²) >= 11 is 5.84. The van der Waals surface area contributed by atoms with Crippen LogP contribution in [0.4, 0.5) is 5.69 Å². The zero-order valence-electron chi connectivity index (χ0n) is 22.2. The van der Waals surface area contributed by atoms with Crippen molar-refractivity contribution >= 4 is 28.9 Å². The van der Waals surface area contributed by atoms with Gasteiger partial charge in [0.2, 0.25) is 5.91 Å². The van der Waals surface area contributed by atoms with E-state index in [0.717, 1.165) is 34.0 Å². The molecule has 1 saturated heterocycles. The number of para-hydroxylation sites is 1. The molecule has 6 nitrogen and oxygen atoms in total. The molecule has 2 aromatic carbocycles. The van der Waals surface area contributed by atoms with Crippen molar-refractivity contribution in [3.8, 4) is 5.69 Å². The van der Waals surface area contributed by atoms with Crippen molar-refractivity contribution in [3.05, 3.63) is 113 Å². The minimum absolute atomic E-state index is 0.0348. The van der Waals surface area contributed by atoms with Crippen LogP contribution in [0.2, 0.25) is 0 Å². The Morgan fingerprint density at radius 1 is 1.00 bits per heavy atom. The van der Waals surface area contributed by atoms with Gasteiger partial charge in [0.05, 0.1) is 17.8 Å². The highest BCUT2D eigenvalue weighted by Gasteiger charge is 2.41. The Hall–Kier alpha value is -3.97. The number of aryl methyl sites for hydroxylation is 3. The summed E-state index contributed by atoms with van der Waals surface area (Å²) in [6.07, 6.45) is 2.13. The first kappa shape index (κ1) is 25.7. The van der Waals surface area contributed by atoms with Crippen LogP contribution >= 0.6 is 12.2 Å². The molecule has 4 aromatic rings. The number of nitrogens with one attached hydrogen (secondary N) is 2. The normalized spacial score (nSPS) is 16.9. The van der Waals surface area contributed by atoms with Crippen molar-refractivity contribution in [2.45, 2.75) is 46.2 Å². The number of rotatable bonds is 7. The molecule has 2 atom stereocenters. The van der Waals surface area contributed by atoms with Crippen molar-refractivity contribution in [2.24, 2.45) is 0 Å². The lowest BCUT2D eigenvalue weighted by atomic mass is 9.96. The fourth-order valence-corrected chi connectivity index (χ4v) is 5.72. The Morgan fingerprint density at radius 3 is 2.53 bits per heavy atom. The molecule has 1 amide bonds. The first-order valence-corrected chi connectivity index (χ1v) is 13.3. The Morgan fingerprint density at radius 2 is 1.79 bits per heavy atom. The third-order valence-electron chi connectivity index (χ3n) is 7.25. The predicted molar refractivity (Wildman–Crippen MR) is 157 cm³/mol. The maximum atomic E-state index is 12.9. The maximum absolute atomic E-state index is 12.9. The number of anilines is 1. The Balaban J connectivity index is 1.48. The van der Waals surface area contributed by atoms with Crippen LogP contribution in [0.1, 0.15) is 52.3 Å². The van der Waals surface area contributed by atoms with Gasteiger partial charge in [0.25, 0.3) is 0 Å². The van der Waals surface area contributed by atoms with Crippen molar-refractivity contribution in [3.63, 3.8) is 0 Å². The van der Waals surface area contributed by atoms with Gasteiger partial charge in [0.15, 0.2) is 5.11 Å². The quantitative estimate of drug-likeness (QED) is 0.286. The van der Waals surface area contributed by atoms with Gasteiger partial charge in [-0.2, -0.15) is 0 Å². The lowest BCUT2D eigenvalue weighted by Gasteiger charge is -2.28. The molecule has 1 aliphatic rings. The highest BCUT2D eigenvalue weighted by atomic mass is 32.1. The predicted octanol–water partition coefficient (Wildman–Crippen LogP) is 6.11. The molecule has 1 aliphatic heterocycles. The summed E-state index contributed by atoms with van der Waals surface area (Å²) in [6.45, 7) is 8.89. The fourth-order valence-electron chi connectivity index (χ4n) is 5.38. The zero-order valence-corrected chi connectivity index (χ0v) is 23.0. The first-order valence-electron chi connectivity index (χ1n) is 12.9. The highest BCUT2D eigenvalue weighted by molar-refractivity contribution is 7.80. The summed E-state index contributed by atoms with van der Waals surface area (Å²) in [5.41, 5.74) is 8.63. The van der Waals surface area contributed by atoms with E-state index in [1.165, 1.54) is 11.1 Å². The van der Waals surface area contributed by atoms with Crippen molar-refractivity contribution in [1.82, 2.24) is 19.8 Å². The van der Waals surface area contributed by atoms with Gasteiger partial charge in [-0.1, -0.05) is 36.4 Å². The first-order chi connectivity index (χ1) is 18.3. The molecule has 0 aliphatic carbocycles. The fraction of sp³-hybridized carbons (Fsp3) is 0.258. The highest BCUT2D eigenvalue weighted by Crippen LogP contribution is 2.41. The molecule has 5 rings (SSSR count). The lowest BCUT2D eigenvalue weighted by Crippen LogP contribution is -2.33. The van der Waals surface area contributed by atoms with Crippen LogP contribution in [0.25, 0.3) is 5.69 Å². The number of nitrogens with zero attached hydrogens (tertiary/aromatic N) is 3. The Labute approximate surface area is 229 Å². The van der Waals surface area contributed by atoms with Gasteiger partial charge in [-0.3, -0.25) is 9.78 Å². The lowest BCUT2D eigenvalue weighted by molar-refractivity contribution is -0.116. The number of hydrogen-bond acceptors (Lipinski definition) is 3. The minimum atomic E-state index is -0.130. The molecule has 38 heavy (non-hydrogen) atoms. The monoisotopic (exact) mass is 523 g/mol. The van der Waals surface area contributed by atoms with Gasteiger partial charge in [0, 0.05) is 41.9 Å². The third kappa shape index (κ3) is 5.07. The van der Waals surface area contributed by atoms with E-state index in [-0.39, 0.29) is 18.0 Å². The molecule has 2 aromatic heterocycles. The van der Waals surface area contributed by atoms with Crippen LogP contribution in [0.5, 0.6) is 0 Å². The summed E-state index contributed by atoms with van der Waals surface area (Å²) in [6, 6.07) is 24.3. The van der Waals surface area contributed by atoms with Crippen LogP contribution in [0.3, 0.4) is 0 Å². The molecule has 0 bridgehead atoms. The molecular formula is C31H33N5OS. The minimum Gasteiger partial charge on any atom is -0.352 e. The van der Waals surface area contributed by atoms with Gasteiger partial charge in [-0.25, -0.2) is 0 Å². The number of hydrogen-bond donors (Lipinski definition) is 2. The smallest absolute Gasteiger partial charge is 0.226 e. The molecule has 2 N–H and O–H groups in total. The van der Waals surface area contributed by atoms with E-state index >= 15 is 0 Å². The van der Waals surface area contributed by atoms with E-state index in [9.17, 15) is 4.79 Å². The second-order valence-corrected chi connectivity index (χ2v) is 10.3. The van der Waals surface area contributed by atoms with Crippen LogP contribution in [0.15, 0.2) is 79.0 Å². The van der Waals surface area contributed by atoms with Crippen LogP contribution in [-0.2, 0) is 4.79 Å². The largest absolute Gasteiger partial charge is 0.352 e. The average molecular weight is 524 g/mol. The maximum Gasteiger partial charge on any atom is 0.226 e. The molecule has 0 unspecified atom stereocenters. The number of aromatic nitrogens is 2. The van der Waals surface area contributed by atoms with Gasteiger partial charge >= 0.3 is 0 Å². The van der Waals surface area contributed by atoms with Gasteiger partial charge < -0.3 is 20.1 Å². The molecular weight excluding hydrogens is 490 g/mol. The van der Waals surface area contributed by atoms with Crippen LogP contribution in [0, 0.1) is 27.7 Å². The van der Waals surface area contributed by atoms with Crippen LogP contribution in [-0.4, -0.2) is 32.0 Å². The summed E-state index contributed by atoms with van der Waals surface area (Å²) in [7, 11) is 0. The van der Waals surface area contributed by atoms with E-state index in [2.05, 4.69) is 76.2 Å². The van der Waals surface area contributed by atoms with Gasteiger partial charge in [0.1, 0.15) is 0 Å². The number of carbonyl (C=O) groups excluding carboxylic acids is 1. The van der Waals surface area contributed by atoms with Crippen molar-refractivity contribution < 1.29 is 4.79 Å². The second kappa shape index (κ2) is 10.8. The number of carbonyl (C=O) groups is 1. The summed E-state index contributed by atoms with van der Waals surface area (Å²) in [5.74, 6) is -0.0348. The molecule has 7 heteroatoms. The Kier molecular flexibility index (Phi) is 7.29. The summed E-state index contributed by atoms with van der Waals surface area (Å²) < 4.78 is 2.29. The number of pyridine rings is 1. The molecule has 0 spiro atoms. The van der Waals surface area contributed by atoms with Crippen molar-refractivity contribution in [1.29, 1.82) is 0 Å². The van der Waals surface area contributed by atoms with E-state index < -0.39 is 0 Å². The zero-order chi connectivity index (χ0) is 26.8. The van der Waals surface area contributed by atoms with E-state index in [1.807, 2.05) is 55.6 Å². The molecule has 194 valence electrons. The van der Waals surface area contributed by atoms with E-state index in [0.29, 0.717) is 18.1 Å². The molecule has 0 radical (unpaired) electrons. The van der Waals surface area contributed by atoms with Gasteiger partial charge in [-0.05, 0) is 93.0 Å². The molecule has 0 saturated carbocycles. The standard InChI is InChI=1S/C31H33N5OS/c1-20-10-9-12-24(18-20)36-22(3)19-25(23(36)4)30-29(27-14-7-8-16-32-27)34-31(38)35(30)17-15-28(37)33-26-13-6-5-11-21(26)2/h5-14,16,18-19,29-30H,15,17H2,1-4H3,(H,33,37)(H,34,38)/t29-,30+/m1/s1. The topological polar surface area (TPSA) is 62.2 Å². The molecule has 1 fully saturated rings. The number of amides is 1. The van der Waals surface area contributed by atoms with E-state index in [4.69, 9.17) is 12.2 Å². The Bertz CT molecular complexity index is 1480. The molecule has 3 heterocycles. The third-order valence-corrected chi connectivity index (χ3v) is 7.60. The summed E-state index contributed by atoms with van der Waals surface area (Å²) in [4.78, 5) is 19.8. The number of benzene rings is 2. The summed E-state index contributed by atoms with van der Waals surface area (Å²) in [5, 5.41) is 7.20. The van der Waals surface area contributed by atoms with E-state index in [1.54, 1.807) is 0 Å². The second-order valence-electron chi connectivity index (χ2n) is 9.93.